The van der Waals surface area contributed by atoms with Gasteiger partial charge in [-0.15, -0.1) is 0 Å². The third kappa shape index (κ3) is 3.75. The Bertz CT molecular complexity index is 1090. The number of halogens is 3. The fourth-order valence-corrected chi connectivity index (χ4v) is 3.80. The van der Waals surface area contributed by atoms with Crippen LogP contribution < -0.4 is 4.90 Å². The summed E-state index contributed by atoms with van der Waals surface area (Å²) in [4.78, 5) is 21.4. The van der Waals surface area contributed by atoms with E-state index in [4.69, 9.17) is 11.6 Å². The minimum absolute atomic E-state index is 0.106. The molecule has 6 nitrogen and oxygen atoms in total. The molecule has 0 bridgehead atoms. The molecule has 2 aromatic heterocycles. The van der Waals surface area contributed by atoms with Gasteiger partial charge in [0.25, 0.3) is 5.91 Å². The molecule has 1 aliphatic rings. The van der Waals surface area contributed by atoms with Crippen LogP contribution in [0.15, 0.2) is 36.5 Å². The molecule has 0 spiro atoms. The predicted octanol–water partition coefficient (Wildman–Crippen LogP) is 3.78. The molecule has 3 heterocycles. The number of nitrogens with zero attached hydrogens (tertiary/aromatic N) is 5. The van der Waals surface area contributed by atoms with E-state index in [0.29, 0.717) is 48.2 Å². The highest BCUT2D eigenvalue weighted by atomic mass is 35.5. The Morgan fingerprint density at radius 3 is 2.43 bits per heavy atom. The summed E-state index contributed by atoms with van der Waals surface area (Å²) in [5, 5.41) is 4.91. The van der Waals surface area contributed by atoms with Gasteiger partial charge in [0.15, 0.2) is 5.82 Å². The van der Waals surface area contributed by atoms with Crippen molar-refractivity contribution in [2.75, 3.05) is 31.1 Å². The molecule has 1 fully saturated rings. The molecule has 156 valence electrons. The second-order valence-corrected chi connectivity index (χ2v) is 7.60. The first-order valence-corrected chi connectivity index (χ1v) is 9.90. The summed E-state index contributed by atoms with van der Waals surface area (Å²) in [5.74, 6) is -0.730. The molecule has 30 heavy (non-hydrogen) atoms. The number of piperazine rings is 1. The average molecular weight is 432 g/mol. The fraction of sp³-hybridized carbons (Fsp3) is 0.286. The first-order valence-electron chi connectivity index (χ1n) is 9.52. The van der Waals surface area contributed by atoms with Gasteiger partial charge < -0.3 is 9.80 Å². The molecule has 1 amide bonds. The van der Waals surface area contributed by atoms with Gasteiger partial charge in [-0.25, -0.2) is 18.4 Å². The van der Waals surface area contributed by atoms with Crippen LogP contribution in [0.4, 0.5) is 14.6 Å². The minimum Gasteiger partial charge on any atom is -0.353 e. The van der Waals surface area contributed by atoms with Crippen molar-refractivity contribution >= 4 is 23.3 Å². The van der Waals surface area contributed by atoms with Crippen molar-refractivity contribution in [1.29, 1.82) is 0 Å². The van der Waals surface area contributed by atoms with E-state index in [9.17, 15) is 13.6 Å². The molecule has 0 radical (unpaired) electrons. The molecule has 0 saturated carbocycles. The molecule has 1 aromatic carbocycles. The van der Waals surface area contributed by atoms with Gasteiger partial charge in [-0.05, 0) is 38.1 Å². The van der Waals surface area contributed by atoms with E-state index in [-0.39, 0.29) is 11.6 Å². The van der Waals surface area contributed by atoms with Crippen molar-refractivity contribution in [1.82, 2.24) is 19.7 Å². The van der Waals surface area contributed by atoms with Gasteiger partial charge in [-0.2, -0.15) is 5.10 Å². The smallest absolute Gasteiger partial charge is 0.257 e. The summed E-state index contributed by atoms with van der Waals surface area (Å²) in [6, 6.07) is 6.93. The number of amides is 1. The largest absolute Gasteiger partial charge is 0.353 e. The highest BCUT2D eigenvalue weighted by Crippen LogP contribution is 2.23. The van der Waals surface area contributed by atoms with Crippen LogP contribution in [-0.4, -0.2) is 51.8 Å². The summed E-state index contributed by atoms with van der Waals surface area (Å²) in [5.41, 5.74) is 1.57. The number of benzene rings is 1. The summed E-state index contributed by atoms with van der Waals surface area (Å²) in [6.07, 6.45) is 1.60. The monoisotopic (exact) mass is 431 g/mol. The van der Waals surface area contributed by atoms with Crippen LogP contribution >= 0.6 is 11.6 Å². The van der Waals surface area contributed by atoms with Crippen molar-refractivity contribution in [2.24, 2.45) is 0 Å². The van der Waals surface area contributed by atoms with E-state index < -0.39 is 11.6 Å². The molecule has 0 N–H and O–H groups in total. The van der Waals surface area contributed by atoms with Crippen molar-refractivity contribution in [3.8, 4) is 5.69 Å². The Hall–Kier alpha value is -3.00. The van der Waals surface area contributed by atoms with Crippen LogP contribution in [-0.2, 0) is 0 Å². The zero-order valence-corrected chi connectivity index (χ0v) is 17.3. The number of hydrogen-bond acceptors (Lipinski definition) is 4. The lowest BCUT2D eigenvalue weighted by molar-refractivity contribution is 0.0745. The van der Waals surface area contributed by atoms with Crippen molar-refractivity contribution in [3.05, 3.63) is 70.1 Å². The Labute approximate surface area is 177 Å². The molecular formula is C21H20ClF2N5O. The standard InChI is InChI=1S/C21H20ClF2N5O/c1-13-20(14(2)29(26-13)18-5-4-16(23)11-17(18)24)21(30)28-9-7-27(8-10-28)19-6-3-15(22)12-25-19/h3-6,11-12H,7-10H2,1-2H3. The molecule has 1 saturated heterocycles. The third-order valence-corrected chi connectivity index (χ3v) is 5.47. The maximum atomic E-state index is 14.2. The molecule has 1 aliphatic heterocycles. The van der Waals surface area contributed by atoms with E-state index in [1.807, 2.05) is 6.07 Å². The number of carbonyl (C=O) groups is 1. The number of carbonyl (C=O) groups excluding carboxylic acids is 1. The number of rotatable bonds is 3. The van der Waals surface area contributed by atoms with Crippen LogP contribution in [0.5, 0.6) is 0 Å². The highest BCUT2D eigenvalue weighted by molar-refractivity contribution is 6.30. The van der Waals surface area contributed by atoms with Crippen LogP contribution in [0.2, 0.25) is 5.02 Å². The zero-order valence-electron chi connectivity index (χ0n) is 16.6. The number of pyridine rings is 1. The van der Waals surface area contributed by atoms with E-state index in [0.717, 1.165) is 11.9 Å². The lowest BCUT2D eigenvalue weighted by Gasteiger charge is -2.35. The van der Waals surface area contributed by atoms with Crippen molar-refractivity contribution in [3.63, 3.8) is 0 Å². The number of anilines is 1. The molecular weight excluding hydrogens is 412 g/mol. The second-order valence-electron chi connectivity index (χ2n) is 7.17. The third-order valence-electron chi connectivity index (χ3n) is 5.25. The number of aromatic nitrogens is 3. The van der Waals surface area contributed by atoms with Crippen molar-refractivity contribution < 1.29 is 13.6 Å². The SMILES string of the molecule is Cc1nn(-c2ccc(F)cc2F)c(C)c1C(=O)N1CCN(c2ccc(Cl)cn2)CC1. The first kappa shape index (κ1) is 20.3. The molecule has 9 heteroatoms. The van der Waals surface area contributed by atoms with Gasteiger partial charge in [0.1, 0.15) is 17.3 Å². The Morgan fingerprint density at radius 2 is 1.80 bits per heavy atom. The van der Waals surface area contributed by atoms with Gasteiger partial charge in [-0.3, -0.25) is 4.79 Å². The van der Waals surface area contributed by atoms with Gasteiger partial charge in [-0.1, -0.05) is 11.6 Å². The average Bonchev–Trinajstić information content (AvgIpc) is 3.02. The lowest BCUT2D eigenvalue weighted by Crippen LogP contribution is -2.49. The second kappa shape index (κ2) is 8.02. The quantitative estimate of drug-likeness (QED) is 0.633. The van der Waals surface area contributed by atoms with Gasteiger partial charge in [0.05, 0.1) is 22.0 Å². The highest BCUT2D eigenvalue weighted by Gasteiger charge is 2.28. The van der Waals surface area contributed by atoms with Crippen molar-refractivity contribution in [2.45, 2.75) is 13.8 Å². The Balaban J connectivity index is 1.53. The van der Waals surface area contributed by atoms with Crippen LogP contribution in [0, 0.1) is 25.5 Å². The first-order chi connectivity index (χ1) is 14.3. The zero-order chi connectivity index (χ0) is 21.4. The molecule has 3 aromatic rings. The summed E-state index contributed by atoms with van der Waals surface area (Å²) in [6.45, 7) is 5.75. The minimum atomic E-state index is -0.733. The predicted molar refractivity (Wildman–Crippen MR) is 110 cm³/mol. The van der Waals surface area contributed by atoms with E-state index in [1.54, 1.807) is 31.0 Å². The van der Waals surface area contributed by atoms with Gasteiger partial charge in [0, 0.05) is 38.4 Å². The maximum absolute atomic E-state index is 14.2. The molecule has 4 rings (SSSR count). The Kier molecular flexibility index (Phi) is 5.42. The van der Waals surface area contributed by atoms with Crippen LogP contribution in [0.1, 0.15) is 21.7 Å². The van der Waals surface area contributed by atoms with E-state index in [1.165, 1.54) is 16.8 Å². The van der Waals surface area contributed by atoms with Gasteiger partial charge >= 0.3 is 0 Å². The molecule has 0 aliphatic carbocycles. The molecule has 0 unspecified atom stereocenters. The maximum Gasteiger partial charge on any atom is 0.257 e. The number of aryl methyl sites for hydroxylation is 1. The number of hydrogen-bond donors (Lipinski definition) is 0. The topological polar surface area (TPSA) is 54.3 Å². The molecule has 0 atom stereocenters. The van der Waals surface area contributed by atoms with E-state index >= 15 is 0 Å². The summed E-state index contributed by atoms with van der Waals surface area (Å²) >= 11 is 5.89. The Morgan fingerprint density at radius 1 is 1.07 bits per heavy atom. The fourth-order valence-electron chi connectivity index (χ4n) is 3.69. The summed E-state index contributed by atoms with van der Waals surface area (Å²) in [7, 11) is 0. The lowest BCUT2D eigenvalue weighted by atomic mass is 10.1. The van der Waals surface area contributed by atoms with Gasteiger partial charge in [0.2, 0.25) is 0 Å². The van der Waals surface area contributed by atoms with Crippen LogP contribution in [0.3, 0.4) is 0 Å². The van der Waals surface area contributed by atoms with E-state index in [2.05, 4.69) is 15.0 Å². The normalized spacial score (nSPS) is 14.3. The van der Waals surface area contributed by atoms with Crippen LogP contribution in [0.25, 0.3) is 5.69 Å². The summed E-state index contributed by atoms with van der Waals surface area (Å²) < 4.78 is 28.8.